The Balaban J connectivity index is 1.75. The van der Waals surface area contributed by atoms with Crippen LogP contribution in [0.1, 0.15) is 25.0 Å². The summed E-state index contributed by atoms with van der Waals surface area (Å²) in [5.41, 5.74) is 1.52. The first-order valence-electron chi connectivity index (χ1n) is 8.93. The summed E-state index contributed by atoms with van der Waals surface area (Å²) in [6.07, 6.45) is -2.29. The van der Waals surface area contributed by atoms with Gasteiger partial charge < -0.3 is 9.51 Å². The molecule has 2 aromatic heterocycles. The topological polar surface area (TPSA) is 54.7 Å². The first kappa shape index (κ1) is 18.3. The van der Waals surface area contributed by atoms with Crippen LogP contribution in [0.15, 0.2) is 53.2 Å². The molecular formula is C21H18F3N3O. The number of fused-ring (bicyclic) bond motifs is 1. The number of halogens is 3. The fourth-order valence-electron chi connectivity index (χ4n) is 3.32. The average Bonchev–Trinajstić information content (AvgIpc) is 3.30. The molecule has 28 heavy (non-hydrogen) atoms. The monoisotopic (exact) mass is 385 g/mol. The lowest BCUT2D eigenvalue weighted by Crippen LogP contribution is -2.11. The van der Waals surface area contributed by atoms with Gasteiger partial charge in [0.2, 0.25) is 5.82 Å². The number of nitrogens with zero attached hydrogens (tertiary/aromatic N) is 2. The highest BCUT2D eigenvalue weighted by atomic mass is 19.4. The molecule has 1 N–H and O–H groups in total. The van der Waals surface area contributed by atoms with Crippen LogP contribution in [0.4, 0.5) is 13.2 Å². The largest absolute Gasteiger partial charge is 0.416 e. The van der Waals surface area contributed by atoms with E-state index in [-0.39, 0.29) is 22.9 Å². The maximum atomic E-state index is 13.5. The fraction of sp³-hybridized carbons (Fsp3) is 0.238. The van der Waals surface area contributed by atoms with Gasteiger partial charge in [-0.1, -0.05) is 37.2 Å². The van der Waals surface area contributed by atoms with Crippen molar-refractivity contribution < 1.29 is 17.7 Å². The summed E-state index contributed by atoms with van der Waals surface area (Å²) >= 11 is 0. The Kier molecular flexibility index (Phi) is 4.45. The van der Waals surface area contributed by atoms with E-state index in [9.17, 15) is 13.2 Å². The summed E-state index contributed by atoms with van der Waals surface area (Å²) in [6.45, 7) is 3.78. The maximum Gasteiger partial charge on any atom is 0.416 e. The van der Waals surface area contributed by atoms with Crippen LogP contribution in [-0.2, 0) is 12.6 Å². The summed E-state index contributed by atoms with van der Waals surface area (Å²) in [5.74, 6) is 0.507. The smallest absolute Gasteiger partial charge is 0.361 e. The second-order valence-electron chi connectivity index (χ2n) is 7.14. The van der Waals surface area contributed by atoms with E-state index < -0.39 is 11.7 Å². The van der Waals surface area contributed by atoms with Crippen molar-refractivity contribution in [1.82, 2.24) is 15.1 Å². The molecule has 0 unspecified atom stereocenters. The highest BCUT2D eigenvalue weighted by Gasteiger charge is 2.34. The van der Waals surface area contributed by atoms with E-state index in [0.717, 1.165) is 22.5 Å². The Bertz CT molecular complexity index is 1130. The Morgan fingerprint density at radius 3 is 2.68 bits per heavy atom. The molecule has 0 aliphatic rings. The van der Waals surface area contributed by atoms with E-state index in [1.807, 2.05) is 38.1 Å². The van der Waals surface area contributed by atoms with Crippen LogP contribution in [0.2, 0.25) is 0 Å². The second kappa shape index (κ2) is 6.82. The van der Waals surface area contributed by atoms with Crippen molar-refractivity contribution in [1.29, 1.82) is 0 Å². The van der Waals surface area contributed by atoms with E-state index in [0.29, 0.717) is 12.2 Å². The summed E-state index contributed by atoms with van der Waals surface area (Å²) < 4.78 is 45.9. The van der Waals surface area contributed by atoms with Crippen molar-refractivity contribution in [2.24, 2.45) is 5.92 Å². The third-order valence-electron chi connectivity index (χ3n) is 4.55. The van der Waals surface area contributed by atoms with Gasteiger partial charge in [0.15, 0.2) is 0 Å². The Hall–Kier alpha value is -3.09. The quantitative estimate of drug-likeness (QED) is 0.462. The molecule has 0 fully saturated rings. The molecule has 0 spiro atoms. The number of nitrogens with one attached hydrogen (secondary N) is 1. The molecule has 0 radical (unpaired) electrons. The fourth-order valence-corrected chi connectivity index (χ4v) is 3.32. The number of hydrogen-bond acceptors (Lipinski definition) is 3. The third-order valence-corrected chi connectivity index (χ3v) is 4.55. The van der Waals surface area contributed by atoms with Crippen molar-refractivity contribution in [3.63, 3.8) is 0 Å². The summed E-state index contributed by atoms with van der Waals surface area (Å²) in [4.78, 5) is 7.44. The Morgan fingerprint density at radius 2 is 1.93 bits per heavy atom. The number of aromatic amines is 1. The molecule has 0 atom stereocenters. The Labute approximate surface area is 159 Å². The van der Waals surface area contributed by atoms with Crippen molar-refractivity contribution in [3.05, 3.63) is 59.8 Å². The number of H-pyrrole nitrogens is 1. The van der Waals surface area contributed by atoms with Gasteiger partial charge in [-0.15, -0.1) is 0 Å². The van der Waals surface area contributed by atoms with E-state index >= 15 is 0 Å². The van der Waals surface area contributed by atoms with Crippen LogP contribution in [0, 0.1) is 5.92 Å². The molecule has 2 heterocycles. The van der Waals surface area contributed by atoms with Crippen molar-refractivity contribution in [2.45, 2.75) is 26.4 Å². The van der Waals surface area contributed by atoms with Gasteiger partial charge in [0.1, 0.15) is 0 Å². The molecule has 4 rings (SSSR count). The Morgan fingerprint density at radius 1 is 1.11 bits per heavy atom. The number of hydrogen-bond donors (Lipinski definition) is 1. The molecule has 7 heteroatoms. The molecule has 0 saturated carbocycles. The number of rotatable bonds is 4. The van der Waals surface area contributed by atoms with Gasteiger partial charge in [0.25, 0.3) is 5.89 Å². The minimum atomic E-state index is -4.44. The molecule has 4 nitrogen and oxygen atoms in total. The zero-order chi connectivity index (χ0) is 19.9. The lowest BCUT2D eigenvalue weighted by atomic mass is 9.96. The molecule has 2 aromatic carbocycles. The van der Waals surface area contributed by atoms with Crippen LogP contribution < -0.4 is 0 Å². The average molecular weight is 385 g/mol. The SMILES string of the molecule is CC(C)Cc1ccc(-c2nc(-c3cccc4[nH]ccc34)no2)cc1C(F)(F)F. The zero-order valence-corrected chi connectivity index (χ0v) is 15.3. The molecule has 0 saturated heterocycles. The molecule has 144 valence electrons. The second-order valence-corrected chi connectivity index (χ2v) is 7.14. The van der Waals surface area contributed by atoms with E-state index in [2.05, 4.69) is 15.1 Å². The van der Waals surface area contributed by atoms with Crippen LogP contribution in [0.5, 0.6) is 0 Å². The van der Waals surface area contributed by atoms with E-state index in [4.69, 9.17) is 4.52 Å². The standard InChI is InChI=1S/C21H18F3N3O/c1-12(2)10-13-6-7-14(11-17(13)21(22,23)24)20-26-19(27-28-20)16-4-3-5-18-15(16)8-9-25-18/h3-9,11-12,25H,10H2,1-2H3. The first-order valence-corrected chi connectivity index (χ1v) is 8.93. The van der Waals surface area contributed by atoms with E-state index in [1.54, 1.807) is 12.3 Å². The summed E-state index contributed by atoms with van der Waals surface area (Å²) in [6, 6.07) is 11.7. The predicted molar refractivity (Wildman–Crippen MR) is 101 cm³/mol. The highest BCUT2D eigenvalue weighted by Crippen LogP contribution is 2.36. The molecule has 4 aromatic rings. The lowest BCUT2D eigenvalue weighted by Gasteiger charge is -2.15. The predicted octanol–water partition coefficient (Wildman–Crippen LogP) is 6.10. The normalized spacial score (nSPS) is 12.2. The third kappa shape index (κ3) is 3.40. The number of alkyl halides is 3. The van der Waals surface area contributed by atoms with Gasteiger partial charge in [-0.05, 0) is 42.2 Å². The summed E-state index contributed by atoms with van der Waals surface area (Å²) in [7, 11) is 0. The van der Waals surface area contributed by atoms with Gasteiger partial charge in [-0.2, -0.15) is 18.2 Å². The van der Waals surface area contributed by atoms with E-state index in [1.165, 1.54) is 6.07 Å². The van der Waals surface area contributed by atoms with Gasteiger partial charge in [0, 0.05) is 28.2 Å². The minimum absolute atomic E-state index is 0.0594. The maximum absolute atomic E-state index is 13.5. The first-order chi connectivity index (χ1) is 13.3. The van der Waals surface area contributed by atoms with Crippen molar-refractivity contribution in [2.75, 3.05) is 0 Å². The number of benzene rings is 2. The molecule has 0 aliphatic heterocycles. The van der Waals surface area contributed by atoms with Crippen molar-refractivity contribution in [3.8, 4) is 22.8 Å². The zero-order valence-electron chi connectivity index (χ0n) is 15.3. The van der Waals surface area contributed by atoms with Gasteiger partial charge in [0.05, 0.1) is 5.56 Å². The minimum Gasteiger partial charge on any atom is -0.361 e. The summed E-state index contributed by atoms with van der Waals surface area (Å²) in [5, 5.41) is 4.89. The molecular weight excluding hydrogens is 367 g/mol. The molecule has 0 bridgehead atoms. The van der Waals surface area contributed by atoms with Crippen LogP contribution in [0.3, 0.4) is 0 Å². The van der Waals surface area contributed by atoms with Crippen LogP contribution >= 0.6 is 0 Å². The van der Waals surface area contributed by atoms with Gasteiger partial charge in [-0.25, -0.2) is 0 Å². The molecule has 0 aliphatic carbocycles. The highest BCUT2D eigenvalue weighted by molar-refractivity contribution is 5.93. The van der Waals surface area contributed by atoms with Crippen LogP contribution in [0.25, 0.3) is 33.7 Å². The van der Waals surface area contributed by atoms with Gasteiger partial charge in [-0.3, -0.25) is 0 Å². The molecule has 0 amide bonds. The number of aromatic nitrogens is 3. The van der Waals surface area contributed by atoms with Crippen LogP contribution in [-0.4, -0.2) is 15.1 Å². The lowest BCUT2D eigenvalue weighted by molar-refractivity contribution is -0.138. The van der Waals surface area contributed by atoms with Crippen molar-refractivity contribution >= 4 is 10.9 Å². The van der Waals surface area contributed by atoms with Gasteiger partial charge >= 0.3 is 6.18 Å².